The Balaban J connectivity index is 1.91. The highest BCUT2D eigenvalue weighted by atomic mass is 16.5. The molecule has 3 heteroatoms. The minimum Gasteiger partial charge on any atom is -0.375 e. The maximum atomic E-state index is 5.95. The van der Waals surface area contributed by atoms with Gasteiger partial charge in [-0.15, -0.1) is 0 Å². The monoisotopic (exact) mass is 171 g/mol. The van der Waals surface area contributed by atoms with Crippen molar-refractivity contribution in [3.05, 3.63) is 0 Å². The maximum absolute atomic E-state index is 5.95. The molecule has 0 aromatic heterocycles. The lowest BCUT2D eigenvalue weighted by Crippen LogP contribution is -2.47. The van der Waals surface area contributed by atoms with Crippen LogP contribution >= 0.6 is 0 Å². The fourth-order valence-electron chi connectivity index (χ4n) is 2.07. The van der Waals surface area contributed by atoms with Gasteiger partial charge in [0.25, 0.3) is 0 Å². The fourth-order valence-corrected chi connectivity index (χ4v) is 2.07. The largest absolute Gasteiger partial charge is 0.375 e. The molecule has 0 radical (unpaired) electrons. The third kappa shape index (κ3) is 1.63. The molecule has 0 saturated carbocycles. The summed E-state index contributed by atoms with van der Waals surface area (Å²) in [7, 11) is 0. The summed E-state index contributed by atoms with van der Waals surface area (Å²) in [5.41, 5.74) is 5.95. The van der Waals surface area contributed by atoms with Crippen LogP contribution in [0.5, 0.6) is 0 Å². The minimum absolute atomic E-state index is 0.168. The fraction of sp³-hybridized carbons (Fsp3) is 1.00. The van der Waals surface area contributed by atoms with Gasteiger partial charge >= 0.3 is 0 Å². The molecular formula is C9H17NO2. The maximum Gasteiger partial charge on any atom is 0.0986 e. The van der Waals surface area contributed by atoms with E-state index in [9.17, 15) is 0 Å². The lowest BCUT2D eigenvalue weighted by Gasteiger charge is -2.32. The summed E-state index contributed by atoms with van der Waals surface area (Å²) in [5, 5.41) is 0. The smallest absolute Gasteiger partial charge is 0.0986 e. The third-order valence-corrected chi connectivity index (χ3v) is 2.75. The van der Waals surface area contributed by atoms with E-state index in [-0.39, 0.29) is 18.2 Å². The molecule has 2 fully saturated rings. The molecule has 3 nitrogen and oxygen atoms in total. The Morgan fingerprint density at radius 2 is 1.75 bits per heavy atom. The molecule has 0 amide bonds. The van der Waals surface area contributed by atoms with Gasteiger partial charge in [0.2, 0.25) is 0 Å². The van der Waals surface area contributed by atoms with Crippen LogP contribution in [0.2, 0.25) is 0 Å². The van der Waals surface area contributed by atoms with E-state index >= 15 is 0 Å². The Morgan fingerprint density at radius 1 is 1.00 bits per heavy atom. The highest BCUT2D eigenvalue weighted by Gasteiger charge is 2.33. The summed E-state index contributed by atoms with van der Waals surface area (Å²) in [6.45, 7) is 1.75. The zero-order chi connectivity index (χ0) is 8.39. The summed E-state index contributed by atoms with van der Waals surface area (Å²) >= 11 is 0. The van der Waals surface area contributed by atoms with Crippen LogP contribution in [0, 0.1) is 0 Å². The lowest BCUT2D eigenvalue weighted by atomic mass is 9.97. The molecule has 70 valence electrons. The van der Waals surface area contributed by atoms with Crippen LogP contribution in [0.15, 0.2) is 0 Å². The number of hydrogen-bond acceptors (Lipinski definition) is 3. The predicted octanol–water partition coefficient (Wildman–Crippen LogP) is 0.672. The lowest BCUT2D eigenvalue weighted by molar-refractivity contribution is -0.0800. The van der Waals surface area contributed by atoms with Crippen molar-refractivity contribution in [3.8, 4) is 0 Å². The van der Waals surface area contributed by atoms with Crippen LogP contribution in [0.4, 0.5) is 0 Å². The summed E-state index contributed by atoms with van der Waals surface area (Å²) < 4.78 is 11.2. The van der Waals surface area contributed by atoms with Gasteiger partial charge in [0.1, 0.15) is 0 Å². The Bertz CT molecular complexity index is 145. The predicted molar refractivity (Wildman–Crippen MR) is 45.9 cm³/mol. The van der Waals surface area contributed by atoms with Gasteiger partial charge in [-0.1, -0.05) is 0 Å². The Morgan fingerprint density at radius 3 is 2.42 bits per heavy atom. The molecule has 2 aliphatic heterocycles. The number of ether oxygens (including phenoxy) is 2. The molecule has 3 unspecified atom stereocenters. The van der Waals surface area contributed by atoms with E-state index in [4.69, 9.17) is 15.2 Å². The Kier molecular flexibility index (Phi) is 2.63. The molecule has 2 rings (SSSR count). The molecule has 2 aliphatic rings. The zero-order valence-electron chi connectivity index (χ0n) is 7.37. The van der Waals surface area contributed by atoms with Gasteiger partial charge in [-0.25, -0.2) is 0 Å². The van der Waals surface area contributed by atoms with Gasteiger partial charge in [-0.3, -0.25) is 0 Å². The van der Waals surface area contributed by atoms with E-state index in [2.05, 4.69) is 0 Å². The summed E-state index contributed by atoms with van der Waals surface area (Å²) in [6.07, 6.45) is 4.92. The SMILES string of the molecule is NC1CCCOC1C1CCCO1. The van der Waals surface area contributed by atoms with E-state index in [0.717, 1.165) is 38.9 Å². The topological polar surface area (TPSA) is 44.5 Å². The van der Waals surface area contributed by atoms with Gasteiger partial charge in [0, 0.05) is 19.3 Å². The van der Waals surface area contributed by atoms with Crippen LogP contribution in [-0.4, -0.2) is 31.5 Å². The number of rotatable bonds is 1. The second-order valence-corrected chi connectivity index (χ2v) is 3.69. The first-order valence-corrected chi connectivity index (χ1v) is 4.87. The van der Waals surface area contributed by atoms with Gasteiger partial charge < -0.3 is 15.2 Å². The normalized spacial score (nSPS) is 43.2. The van der Waals surface area contributed by atoms with Crippen LogP contribution in [-0.2, 0) is 9.47 Å². The molecule has 2 saturated heterocycles. The number of nitrogens with two attached hydrogens (primary N) is 1. The standard InChI is InChI=1S/C9H17NO2/c10-7-3-1-6-12-9(7)8-4-2-5-11-8/h7-9H,1-6,10H2. The van der Waals surface area contributed by atoms with Gasteiger partial charge in [-0.05, 0) is 25.7 Å². The minimum atomic E-state index is 0.168. The highest BCUT2D eigenvalue weighted by molar-refractivity contribution is 4.86. The van der Waals surface area contributed by atoms with Crippen molar-refractivity contribution in [1.82, 2.24) is 0 Å². The van der Waals surface area contributed by atoms with Crippen molar-refractivity contribution in [2.45, 2.75) is 43.9 Å². The molecule has 2 heterocycles. The quantitative estimate of drug-likeness (QED) is 0.630. The molecular weight excluding hydrogens is 154 g/mol. The highest BCUT2D eigenvalue weighted by Crippen LogP contribution is 2.23. The first kappa shape index (κ1) is 8.48. The van der Waals surface area contributed by atoms with Crippen molar-refractivity contribution in [1.29, 1.82) is 0 Å². The van der Waals surface area contributed by atoms with Crippen molar-refractivity contribution in [3.63, 3.8) is 0 Å². The number of hydrogen-bond donors (Lipinski definition) is 1. The summed E-state index contributed by atoms with van der Waals surface area (Å²) in [5.74, 6) is 0. The Labute approximate surface area is 73.2 Å². The third-order valence-electron chi connectivity index (χ3n) is 2.75. The molecule has 0 aromatic rings. The molecule has 2 N–H and O–H groups in total. The summed E-state index contributed by atoms with van der Waals surface area (Å²) in [6, 6.07) is 0.196. The average molecular weight is 171 g/mol. The molecule has 0 aromatic carbocycles. The van der Waals surface area contributed by atoms with Crippen LogP contribution in [0.25, 0.3) is 0 Å². The van der Waals surface area contributed by atoms with Crippen molar-refractivity contribution < 1.29 is 9.47 Å². The first-order chi connectivity index (χ1) is 5.88. The van der Waals surface area contributed by atoms with Crippen LogP contribution in [0.1, 0.15) is 25.7 Å². The van der Waals surface area contributed by atoms with Crippen LogP contribution < -0.4 is 5.73 Å². The molecule has 0 aliphatic carbocycles. The second kappa shape index (κ2) is 3.73. The molecule has 3 atom stereocenters. The van der Waals surface area contributed by atoms with Gasteiger partial charge in [-0.2, -0.15) is 0 Å². The average Bonchev–Trinajstić information content (AvgIpc) is 2.57. The summed E-state index contributed by atoms with van der Waals surface area (Å²) in [4.78, 5) is 0. The van der Waals surface area contributed by atoms with Gasteiger partial charge in [0.05, 0.1) is 12.2 Å². The van der Waals surface area contributed by atoms with Crippen molar-refractivity contribution >= 4 is 0 Å². The zero-order valence-corrected chi connectivity index (χ0v) is 7.37. The second-order valence-electron chi connectivity index (χ2n) is 3.69. The van der Waals surface area contributed by atoms with E-state index < -0.39 is 0 Å². The first-order valence-electron chi connectivity index (χ1n) is 4.87. The van der Waals surface area contributed by atoms with E-state index in [1.807, 2.05) is 0 Å². The van der Waals surface area contributed by atoms with Crippen LogP contribution in [0.3, 0.4) is 0 Å². The Hall–Kier alpha value is -0.120. The van der Waals surface area contributed by atoms with E-state index in [1.54, 1.807) is 0 Å². The van der Waals surface area contributed by atoms with E-state index in [1.165, 1.54) is 0 Å². The van der Waals surface area contributed by atoms with Gasteiger partial charge in [0.15, 0.2) is 0 Å². The molecule has 12 heavy (non-hydrogen) atoms. The van der Waals surface area contributed by atoms with E-state index in [0.29, 0.717) is 0 Å². The van der Waals surface area contributed by atoms with Crippen molar-refractivity contribution in [2.24, 2.45) is 5.73 Å². The molecule has 0 spiro atoms. The van der Waals surface area contributed by atoms with Crippen molar-refractivity contribution in [2.75, 3.05) is 13.2 Å². The molecule has 0 bridgehead atoms.